The highest BCUT2D eigenvalue weighted by Gasteiger charge is 2.12. The maximum Gasteiger partial charge on any atom is 0.246 e. The van der Waals surface area contributed by atoms with Crippen LogP contribution in [0.4, 0.5) is 0 Å². The van der Waals surface area contributed by atoms with Crippen LogP contribution < -0.4 is 5.32 Å². The lowest BCUT2D eigenvalue weighted by atomic mass is 10.1. The number of imidazole rings is 1. The predicted molar refractivity (Wildman–Crippen MR) is 67.0 cm³/mol. The molecule has 0 unspecified atom stereocenters. The molecule has 98 valence electrons. The molecule has 2 heterocycles. The fourth-order valence-corrected chi connectivity index (χ4v) is 1.54. The van der Waals surface area contributed by atoms with Gasteiger partial charge in [-0.3, -0.25) is 0 Å². The molecule has 0 aliphatic rings. The molecule has 0 aliphatic carbocycles. The van der Waals surface area contributed by atoms with Crippen LogP contribution in [0, 0.1) is 6.92 Å². The molecule has 1 N–H and O–H groups in total. The standard InChI is InChI=1S/C12H19N5O/c1-9-15-11(18-16-9)7-17-8-13-5-10(17)6-14-12(2,3)4/h5,8,14H,6-7H2,1-4H3. The van der Waals surface area contributed by atoms with Crippen LogP contribution in [0.25, 0.3) is 0 Å². The molecule has 0 bridgehead atoms. The first-order chi connectivity index (χ1) is 8.44. The van der Waals surface area contributed by atoms with E-state index in [1.807, 2.05) is 17.7 Å². The van der Waals surface area contributed by atoms with Gasteiger partial charge in [-0.2, -0.15) is 4.98 Å². The van der Waals surface area contributed by atoms with E-state index >= 15 is 0 Å². The molecule has 0 radical (unpaired) electrons. The molecule has 0 saturated carbocycles. The lowest BCUT2D eigenvalue weighted by Crippen LogP contribution is -2.35. The summed E-state index contributed by atoms with van der Waals surface area (Å²) < 4.78 is 7.11. The van der Waals surface area contributed by atoms with E-state index in [1.54, 1.807) is 6.33 Å². The van der Waals surface area contributed by atoms with E-state index in [2.05, 4.69) is 41.2 Å². The zero-order chi connectivity index (χ0) is 13.2. The first-order valence-electron chi connectivity index (χ1n) is 5.97. The first-order valence-corrected chi connectivity index (χ1v) is 5.97. The minimum absolute atomic E-state index is 0.0795. The third kappa shape index (κ3) is 3.40. The van der Waals surface area contributed by atoms with E-state index in [4.69, 9.17) is 4.52 Å². The maximum atomic E-state index is 5.11. The number of aromatic nitrogens is 4. The molecule has 6 nitrogen and oxygen atoms in total. The average molecular weight is 249 g/mol. The highest BCUT2D eigenvalue weighted by molar-refractivity contribution is 5.01. The summed E-state index contributed by atoms with van der Waals surface area (Å²) in [6, 6.07) is 0. The topological polar surface area (TPSA) is 68.8 Å². The van der Waals surface area contributed by atoms with Gasteiger partial charge in [-0.25, -0.2) is 4.98 Å². The van der Waals surface area contributed by atoms with E-state index in [9.17, 15) is 0 Å². The second-order valence-electron chi connectivity index (χ2n) is 5.35. The van der Waals surface area contributed by atoms with E-state index in [0.29, 0.717) is 18.3 Å². The lowest BCUT2D eigenvalue weighted by Gasteiger charge is -2.20. The van der Waals surface area contributed by atoms with E-state index in [1.165, 1.54) is 0 Å². The molecule has 18 heavy (non-hydrogen) atoms. The first kappa shape index (κ1) is 12.8. The van der Waals surface area contributed by atoms with Crippen molar-refractivity contribution in [3.63, 3.8) is 0 Å². The molecule has 0 fully saturated rings. The fraction of sp³-hybridized carbons (Fsp3) is 0.583. The molecule has 0 atom stereocenters. The molecular weight excluding hydrogens is 230 g/mol. The molecule has 0 amide bonds. The van der Waals surface area contributed by atoms with Crippen molar-refractivity contribution in [2.75, 3.05) is 0 Å². The smallest absolute Gasteiger partial charge is 0.246 e. The van der Waals surface area contributed by atoms with Crippen LogP contribution in [0.5, 0.6) is 0 Å². The third-order valence-corrected chi connectivity index (χ3v) is 2.47. The Morgan fingerprint density at radius 1 is 1.39 bits per heavy atom. The fourth-order valence-electron chi connectivity index (χ4n) is 1.54. The Bertz CT molecular complexity index is 509. The Labute approximate surface area is 106 Å². The molecule has 0 spiro atoms. The van der Waals surface area contributed by atoms with Gasteiger partial charge < -0.3 is 14.4 Å². The summed E-state index contributed by atoms with van der Waals surface area (Å²) in [7, 11) is 0. The Balaban J connectivity index is 2.03. The molecule has 0 aliphatic heterocycles. The summed E-state index contributed by atoms with van der Waals surface area (Å²) in [6.45, 7) is 9.53. The highest BCUT2D eigenvalue weighted by Crippen LogP contribution is 2.07. The Morgan fingerprint density at radius 2 is 2.17 bits per heavy atom. The van der Waals surface area contributed by atoms with Gasteiger partial charge in [-0.1, -0.05) is 5.16 Å². The molecule has 2 rings (SSSR count). The Hall–Kier alpha value is -1.69. The summed E-state index contributed by atoms with van der Waals surface area (Å²) >= 11 is 0. The SMILES string of the molecule is Cc1noc(Cn2cncc2CNC(C)(C)C)n1. The second-order valence-corrected chi connectivity index (χ2v) is 5.35. The van der Waals surface area contributed by atoms with Gasteiger partial charge in [0, 0.05) is 18.3 Å². The molecular formula is C12H19N5O. The van der Waals surface area contributed by atoms with Gasteiger partial charge in [0.15, 0.2) is 5.82 Å². The minimum Gasteiger partial charge on any atom is -0.337 e. The molecule has 0 saturated heterocycles. The van der Waals surface area contributed by atoms with Crippen molar-refractivity contribution >= 4 is 0 Å². The van der Waals surface area contributed by atoms with Crippen LogP contribution >= 0.6 is 0 Å². The van der Waals surface area contributed by atoms with Gasteiger partial charge >= 0.3 is 0 Å². The molecule has 6 heteroatoms. The molecule has 2 aromatic heterocycles. The number of nitrogens with one attached hydrogen (secondary N) is 1. The van der Waals surface area contributed by atoms with Gasteiger partial charge in [-0.05, 0) is 27.7 Å². The number of hydrogen-bond donors (Lipinski definition) is 1. The monoisotopic (exact) mass is 249 g/mol. The van der Waals surface area contributed by atoms with Gasteiger partial charge in [0.2, 0.25) is 5.89 Å². The summed E-state index contributed by atoms with van der Waals surface area (Å²) in [5.41, 5.74) is 1.18. The van der Waals surface area contributed by atoms with Gasteiger partial charge in [0.05, 0.1) is 12.0 Å². The third-order valence-electron chi connectivity index (χ3n) is 2.47. The van der Waals surface area contributed by atoms with Crippen molar-refractivity contribution < 1.29 is 4.52 Å². The van der Waals surface area contributed by atoms with Crippen molar-refractivity contribution in [1.82, 2.24) is 25.0 Å². The second kappa shape index (κ2) is 4.89. The largest absolute Gasteiger partial charge is 0.337 e. The zero-order valence-corrected chi connectivity index (χ0v) is 11.3. The molecule has 0 aromatic carbocycles. The number of rotatable bonds is 4. The quantitative estimate of drug-likeness (QED) is 0.889. The van der Waals surface area contributed by atoms with Crippen molar-refractivity contribution in [2.45, 2.75) is 46.3 Å². The van der Waals surface area contributed by atoms with Crippen LogP contribution in [0.3, 0.4) is 0 Å². The van der Waals surface area contributed by atoms with Crippen molar-refractivity contribution in [1.29, 1.82) is 0 Å². The number of nitrogens with zero attached hydrogens (tertiary/aromatic N) is 4. The summed E-state index contributed by atoms with van der Waals surface area (Å²) in [4.78, 5) is 8.35. The Kier molecular flexibility index (Phi) is 3.47. The van der Waals surface area contributed by atoms with Gasteiger partial charge in [-0.15, -0.1) is 0 Å². The summed E-state index contributed by atoms with van der Waals surface area (Å²) in [6.07, 6.45) is 3.63. The van der Waals surface area contributed by atoms with E-state index in [-0.39, 0.29) is 5.54 Å². The number of aryl methyl sites for hydroxylation is 1. The predicted octanol–water partition coefficient (Wildman–Crippen LogP) is 1.51. The summed E-state index contributed by atoms with van der Waals surface area (Å²) in [5.74, 6) is 1.25. The van der Waals surface area contributed by atoms with Crippen LogP contribution in [0.1, 0.15) is 38.2 Å². The normalized spacial score (nSPS) is 12.0. The average Bonchev–Trinajstić information content (AvgIpc) is 2.85. The van der Waals surface area contributed by atoms with Gasteiger partial charge in [0.25, 0.3) is 0 Å². The van der Waals surface area contributed by atoms with Crippen molar-refractivity contribution in [3.8, 4) is 0 Å². The zero-order valence-electron chi connectivity index (χ0n) is 11.3. The van der Waals surface area contributed by atoms with Crippen LogP contribution in [0.15, 0.2) is 17.0 Å². The van der Waals surface area contributed by atoms with Crippen molar-refractivity contribution in [2.24, 2.45) is 0 Å². The lowest BCUT2D eigenvalue weighted by molar-refractivity contribution is 0.363. The summed E-state index contributed by atoms with van der Waals surface area (Å²) in [5, 5.41) is 7.20. The number of hydrogen-bond acceptors (Lipinski definition) is 5. The van der Waals surface area contributed by atoms with Crippen LogP contribution in [-0.4, -0.2) is 25.2 Å². The van der Waals surface area contributed by atoms with Crippen LogP contribution in [-0.2, 0) is 13.1 Å². The molecule has 2 aromatic rings. The minimum atomic E-state index is 0.0795. The maximum absolute atomic E-state index is 5.11. The highest BCUT2D eigenvalue weighted by atomic mass is 16.5. The van der Waals surface area contributed by atoms with Crippen LogP contribution in [0.2, 0.25) is 0 Å². The van der Waals surface area contributed by atoms with Gasteiger partial charge in [0.1, 0.15) is 6.54 Å². The van der Waals surface area contributed by atoms with E-state index in [0.717, 1.165) is 12.2 Å². The van der Waals surface area contributed by atoms with E-state index < -0.39 is 0 Å². The Morgan fingerprint density at radius 3 is 2.78 bits per heavy atom. The van der Waals surface area contributed by atoms with Crippen molar-refractivity contribution in [3.05, 3.63) is 29.9 Å².